The van der Waals surface area contributed by atoms with Crippen molar-refractivity contribution in [3.8, 4) is 0 Å². The van der Waals surface area contributed by atoms with E-state index in [4.69, 9.17) is 4.52 Å². The summed E-state index contributed by atoms with van der Waals surface area (Å²) in [4.78, 5) is 1.11. The van der Waals surface area contributed by atoms with E-state index in [1.165, 1.54) is 12.8 Å². The second-order valence-electron chi connectivity index (χ2n) is 4.06. The summed E-state index contributed by atoms with van der Waals surface area (Å²) in [6.07, 6.45) is 3.64. The number of hydrogen-bond donors (Lipinski definition) is 1. The van der Waals surface area contributed by atoms with Gasteiger partial charge in [0.15, 0.2) is 0 Å². The number of aromatic nitrogens is 1. The molecule has 0 bridgehead atoms. The Balaban J connectivity index is 0. The van der Waals surface area contributed by atoms with Gasteiger partial charge < -0.3 is 4.52 Å². The van der Waals surface area contributed by atoms with Crippen molar-refractivity contribution in [2.24, 2.45) is 0 Å². The zero-order chi connectivity index (χ0) is 14.4. The molecular weight excluding hydrogens is 244 g/mol. The Morgan fingerprint density at radius 1 is 1.06 bits per heavy atom. The Morgan fingerprint density at radius 3 is 1.89 bits per heavy atom. The van der Waals surface area contributed by atoms with Crippen molar-refractivity contribution in [1.29, 1.82) is 0 Å². The molecule has 0 radical (unpaired) electrons. The van der Waals surface area contributed by atoms with E-state index in [0.717, 1.165) is 29.3 Å². The van der Waals surface area contributed by atoms with E-state index < -0.39 is 0 Å². The summed E-state index contributed by atoms with van der Waals surface area (Å²) in [6, 6.07) is 0. The third-order valence-corrected chi connectivity index (χ3v) is 2.63. The summed E-state index contributed by atoms with van der Waals surface area (Å²) in [5.41, 5.74) is 0.959. The molecule has 0 saturated carbocycles. The summed E-state index contributed by atoms with van der Waals surface area (Å²) < 4.78 is 8.25. The number of nitrogens with zero attached hydrogens (tertiary/aromatic N) is 1. The topological polar surface area (TPSA) is 38.1 Å². The predicted molar refractivity (Wildman–Crippen MR) is 82.1 cm³/mol. The van der Waals surface area contributed by atoms with Crippen molar-refractivity contribution in [3.05, 3.63) is 11.5 Å². The normalized spacial score (nSPS) is 9.06. The van der Waals surface area contributed by atoms with Gasteiger partial charge in [-0.15, -0.1) is 0 Å². The smallest absolute Gasteiger partial charge is 0.148 e. The van der Waals surface area contributed by atoms with Crippen LogP contribution < -0.4 is 4.72 Å². The lowest BCUT2D eigenvalue weighted by Crippen LogP contribution is -2.03. The van der Waals surface area contributed by atoms with Gasteiger partial charge in [-0.2, -0.15) is 0 Å². The maximum absolute atomic E-state index is 5.02. The molecule has 0 aliphatic carbocycles. The van der Waals surface area contributed by atoms with E-state index in [-0.39, 0.29) is 0 Å². The number of aryl methyl sites for hydroxylation is 2. The Hall–Kier alpha value is -0.480. The largest absolute Gasteiger partial charge is 0.360 e. The minimum absolute atomic E-state index is 0.890. The molecule has 0 aliphatic heterocycles. The van der Waals surface area contributed by atoms with Crippen LogP contribution in [0.4, 0.5) is 0 Å². The van der Waals surface area contributed by atoms with E-state index in [0.29, 0.717) is 0 Å². The average molecular weight is 274 g/mol. The van der Waals surface area contributed by atoms with E-state index in [2.05, 4.69) is 44.5 Å². The maximum atomic E-state index is 5.02. The van der Waals surface area contributed by atoms with E-state index in [1.807, 2.05) is 13.8 Å². The summed E-state index contributed by atoms with van der Waals surface area (Å²) in [7, 11) is 0. The molecule has 0 aliphatic rings. The second kappa shape index (κ2) is 14.6. The molecule has 0 spiro atoms. The van der Waals surface area contributed by atoms with Gasteiger partial charge in [-0.05, 0) is 32.2 Å². The van der Waals surface area contributed by atoms with Crippen LogP contribution in [0.2, 0.25) is 0 Å². The lowest BCUT2D eigenvalue weighted by Gasteiger charge is -1.99. The van der Waals surface area contributed by atoms with Crippen LogP contribution in [0.1, 0.15) is 65.3 Å². The van der Waals surface area contributed by atoms with Gasteiger partial charge in [-0.25, -0.2) is 0 Å². The van der Waals surface area contributed by atoms with Crippen molar-refractivity contribution >= 4 is 11.9 Å². The van der Waals surface area contributed by atoms with Gasteiger partial charge in [0.2, 0.25) is 0 Å². The standard InChI is InChI=1S/C8H14N2OS.2C3H8/c1-4-5-9-12-8-6(2)10-11-7(8)3;2*1-3-2/h9H,4-5H2,1-3H3;2*3H2,1-2H3. The number of hydrogen-bond acceptors (Lipinski definition) is 4. The minimum atomic E-state index is 0.890. The molecule has 0 atom stereocenters. The Kier molecular flexibility index (Phi) is 16.1. The predicted octanol–water partition coefficient (Wildman–Crippen LogP) is 5.13. The van der Waals surface area contributed by atoms with Gasteiger partial charge in [0.25, 0.3) is 0 Å². The van der Waals surface area contributed by atoms with Crippen molar-refractivity contribution < 1.29 is 4.52 Å². The summed E-state index contributed by atoms with van der Waals surface area (Å²) in [5, 5.41) is 3.86. The molecule has 1 N–H and O–H groups in total. The fourth-order valence-corrected chi connectivity index (χ4v) is 1.66. The maximum Gasteiger partial charge on any atom is 0.148 e. The van der Waals surface area contributed by atoms with Gasteiger partial charge in [-0.1, -0.05) is 52.6 Å². The van der Waals surface area contributed by atoms with Crippen molar-refractivity contribution in [2.75, 3.05) is 6.54 Å². The summed E-state index contributed by atoms with van der Waals surface area (Å²) >= 11 is 1.60. The Bertz CT molecular complexity index is 253. The first-order valence-corrected chi connectivity index (χ1v) is 7.72. The lowest BCUT2D eigenvalue weighted by molar-refractivity contribution is 0.391. The van der Waals surface area contributed by atoms with Crippen LogP contribution in [0.25, 0.3) is 0 Å². The van der Waals surface area contributed by atoms with Gasteiger partial charge in [0, 0.05) is 6.54 Å². The van der Waals surface area contributed by atoms with E-state index in [9.17, 15) is 0 Å². The quantitative estimate of drug-likeness (QED) is 0.610. The molecule has 4 heteroatoms. The zero-order valence-corrected chi connectivity index (χ0v) is 13.9. The Morgan fingerprint density at radius 2 is 1.56 bits per heavy atom. The van der Waals surface area contributed by atoms with E-state index >= 15 is 0 Å². The molecule has 1 aromatic heterocycles. The number of rotatable bonds is 4. The van der Waals surface area contributed by atoms with Gasteiger partial charge in [0.1, 0.15) is 5.76 Å². The Labute approximate surface area is 117 Å². The SMILES string of the molecule is CCC.CCC.CCCNSc1c(C)noc1C. The van der Waals surface area contributed by atoms with Crippen LogP contribution >= 0.6 is 11.9 Å². The van der Waals surface area contributed by atoms with Crippen LogP contribution in [0.15, 0.2) is 9.42 Å². The molecule has 0 amide bonds. The summed E-state index contributed by atoms with van der Waals surface area (Å²) in [6.45, 7) is 15.5. The van der Waals surface area contributed by atoms with Gasteiger partial charge >= 0.3 is 0 Å². The average Bonchev–Trinajstić information content (AvgIpc) is 2.63. The molecule has 0 unspecified atom stereocenters. The van der Waals surface area contributed by atoms with Gasteiger partial charge in [-0.3, -0.25) is 4.72 Å². The highest BCUT2D eigenvalue weighted by molar-refractivity contribution is 7.97. The fraction of sp³-hybridized carbons (Fsp3) is 0.786. The first-order valence-electron chi connectivity index (χ1n) is 6.91. The molecule has 0 saturated heterocycles. The molecule has 18 heavy (non-hydrogen) atoms. The minimum Gasteiger partial charge on any atom is -0.360 e. The zero-order valence-electron chi connectivity index (χ0n) is 13.1. The molecule has 3 nitrogen and oxygen atoms in total. The molecule has 108 valence electrons. The first-order chi connectivity index (χ1) is 8.58. The molecule has 1 heterocycles. The van der Waals surface area contributed by atoms with Crippen molar-refractivity contribution in [2.45, 2.75) is 72.6 Å². The van der Waals surface area contributed by atoms with Crippen LogP contribution in [0.3, 0.4) is 0 Å². The third kappa shape index (κ3) is 10.7. The van der Waals surface area contributed by atoms with Crippen LogP contribution in [-0.2, 0) is 0 Å². The highest BCUT2D eigenvalue weighted by Gasteiger charge is 2.08. The second-order valence-corrected chi connectivity index (χ2v) is 4.96. The first kappa shape index (κ1) is 19.9. The highest BCUT2D eigenvalue weighted by atomic mass is 32.2. The van der Waals surface area contributed by atoms with Crippen molar-refractivity contribution in [1.82, 2.24) is 9.88 Å². The molecule has 1 aromatic rings. The highest BCUT2D eigenvalue weighted by Crippen LogP contribution is 2.22. The monoisotopic (exact) mass is 274 g/mol. The number of nitrogens with one attached hydrogen (secondary N) is 1. The van der Waals surface area contributed by atoms with Crippen LogP contribution in [0, 0.1) is 13.8 Å². The third-order valence-electron chi connectivity index (χ3n) is 1.49. The molecular formula is C14H30N2OS. The van der Waals surface area contributed by atoms with Crippen LogP contribution in [0.5, 0.6) is 0 Å². The lowest BCUT2D eigenvalue weighted by atomic mass is 10.4. The molecule has 0 aromatic carbocycles. The van der Waals surface area contributed by atoms with Gasteiger partial charge in [0.05, 0.1) is 10.6 Å². The molecule has 0 fully saturated rings. The van der Waals surface area contributed by atoms with Crippen LogP contribution in [-0.4, -0.2) is 11.7 Å². The van der Waals surface area contributed by atoms with E-state index in [1.54, 1.807) is 11.9 Å². The van der Waals surface area contributed by atoms with Crippen molar-refractivity contribution in [3.63, 3.8) is 0 Å². The summed E-state index contributed by atoms with van der Waals surface area (Å²) in [5.74, 6) is 0.890. The fourth-order valence-electron chi connectivity index (χ4n) is 0.846. The molecule has 1 rings (SSSR count).